The highest BCUT2D eigenvalue weighted by molar-refractivity contribution is 7.99. The second-order valence-corrected chi connectivity index (χ2v) is 6.36. The fraction of sp³-hybridized carbons (Fsp3) is 0.600. The van der Waals surface area contributed by atoms with Crippen LogP contribution in [0.2, 0.25) is 0 Å². The third-order valence-corrected chi connectivity index (χ3v) is 5.12. The number of halogens is 3. The molecule has 1 saturated carbocycles. The second-order valence-electron chi connectivity index (χ2n) is 5.28. The van der Waals surface area contributed by atoms with Crippen molar-refractivity contribution in [2.75, 3.05) is 6.26 Å². The Morgan fingerprint density at radius 2 is 1.95 bits per heavy atom. The van der Waals surface area contributed by atoms with Crippen molar-refractivity contribution < 1.29 is 13.2 Å². The van der Waals surface area contributed by atoms with E-state index in [1.807, 2.05) is 6.92 Å². The monoisotopic (exact) mass is 303 g/mol. The molecule has 1 fully saturated rings. The first-order valence-corrected chi connectivity index (χ1v) is 8.17. The van der Waals surface area contributed by atoms with Gasteiger partial charge in [0.15, 0.2) is 0 Å². The van der Waals surface area contributed by atoms with Gasteiger partial charge in [0.05, 0.1) is 5.56 Å². The molecule has 3 atom stereocenters. The number of hydrogen-bond donors (Lipinski definition) is 1. The summed E-state index contributed by atoms with van der Waals surface area (Å²) in [5, 5.41) is 3.90. The van der Waals surface area contributed by atoms with E-state index in [1.54, 1.807) is 23.9 Å². The second kappa shape index (κ2) is 6.39. The zero-order valence-electron chi connectivity index (χ0n) is 11.7. The molecule has 20 heavy (non-hydrogen) atoms. The average Bonchev–Trinajstić information content (AvgIpc) is 2.85. The summed E-state index contributed by atoms with van der Waals surface area (Å²) in [6.07, 6.45) is 1.12. The predicted molar refractivity (Wildman–Crippen MR) is 77.9 cm³/mol. The maximum atomic E-state index is 13.0. The highest BCUT2D eigenvalue weighted by Gasteiger charge is 2.35. The van der Waals surface area contributed by atoms with Crippen molar-refractivity contribution >= 4 is 11.8 Å². The van der Waals surface area contributed by atoms with Gasteiger partial charge in [0, 0.05) is 17.3 Å². The summed E-state index contributed by atoms with van der Waals surface area (Å²) in [5.41, 5.74) is -0.189. The van der Waals surface area contributed by atoms with Crippen molar-refractivity contribution in [3.63, 3.8) is 0 Å². The fourth-order valence-corrected chi connectivity index (χ4v) is 3.89. The maximum Gasteiger partial charge on any atom is 0.416 e. The zero-order valence-corrected chi connectivity index (χ0v) is 12.5. The molecular formula is C15H20F3NS. The molecule has 3 unspecified atom stereocenters. The number of alkyl halides is 3. The molecule has 0 radical (unpaired) electrons. The highest BCUT2D eigenvalue weighted by Crippen LogP contribution is 2.36. The van der Waals surface area contributed by atoms with Gasteiger partial charge >= 0.3 is 6.18 Å². The van der Waals surface area contributed by atoms with Gasteiger partial charge in [0.2, 0.25) is 0 Å². The average molecular weight is 303 g/mol. The molecule has 0 bridgehead atoms. The maximum absolute atomic E-state index is 13.0. The van der Waals surface area contributed by atoms with Gasteiger partial charge in [-0.05, 0) is 37.7 Å². The summed E-state index contributed by atoms with van der Waals surface area (Å²) in [6, 6.07) is 5.87. The highest BCUT2D eigenvalue weighted by atomic mass is 32.2. The van der Waals surface area contributed by atoms with E-state index >= 15 is 0 Å². The lowest BCUT2D eigenvalue weighted by atomic mass is 10.00. The summed E-state index contributed by atoms with van der Waals surface area (Å²) >= 11 is 1.80. The van der Waals surface area contributed by atoms with Crippen LogP contribution in [0.4, 0.5) is 13.2 Å². The zero-order chi connectivity index (χ0) is 14.8. The van der Waals surface area contributed by atoms with Gasteiger partial charge in [-0.15, -0.1) is 0 Å². The van der Waals surface area contributed by atoms with Crippen LogP contribution in [0, 0.1) is 0 Å². The van der Waals surface area contributed by atoms with Crippen molar-refractivity contribution in [3.8, 4) is 0 Å². The van der Waals surface area contributed by atoms with E-state index in [1.165, 1.54) is 6.07 Å². The van der Waals surface area contributed by atoms with Gasteiger partial charge in [-0.3, -0.25) is 0 Å². The minimum Gasteiger partial charge on any atom is -0.306 e. The molecule has 1 nitrogen and oxygen atoms in total. The van der Waals surface area contributed by atoms with Crippen LogP contribution >= 0.6 is 11.8 Å². The first-order chi connectivity index (χ1) is 9.43. The van der Waals surface area contributed by atoms with Crippen molar-refractivity contribution in [2.45, 2.75) is 49.7 Å². The smallest absolute Gasteiger partial charge is 0.306 e. The Labute approximate surface area is 122 Å². The molecule has 112 valence electrons. The Balaban J connectivity index is 2.15. The summed E-state index contributed by atoms with van der Waals surface area (Å²) < 4.78 is 39.1. The van der Waals surface area contributed by atoms with Crippen LogP contribution < -0.4 is 5.32 Å². The van der Waals surface area contributed by atoms with Crippen LogP contribution in [0.25, 0.3) is 0 Å². The van der Waals surface area contributed by atoms with E-state index in [0.29, 0.717) is 16.9 Å². The summed E-state index contributed by atoms with van der Waals surface area (Å²) in [7, 11) is 0. The minimum atomic E-state index is -4.29. The Morgan fingerprint density at radius 3 is 2.60 bits per heavy atom. The van der Waals surface area contributed by atoms with Crippen LogP contribution in [-0.4, -0.2) is 17.5 Å². The van der Waals surface area contributed by atoms with E-state index < -0.39 is 11.7 Å². The van der Waals surface area contributed by atoms with Crippen molar-refractivity contribution in [2.24, 2.45) is 0 Å². The Hall–Kier alpha value is -0.680. The topological polar surface area (TPSA) is 12.0 Å². The number of nitrogens with one attached hydrogen (secondary N) is 1. The summed E-state index contributed by atoms with van der Waals surface area (Å²) in [5.74, 6) is 0. The van der Waals surface area contributed by atoms with E-state index in [0.717, 1.165) is 25.3 Å². The van der Waals surface area contributed by atoms with Crippen LogP contribution in [0.15, 0.2) is 24.3 Å². The first kappa shape index (κ1) is 15.7. The van der Waals surface area contributed by atoms with Gasteiger partial charge in [0.1, 0.15) is 0 Å². The molecule has 0 aromatic heterocycles. The largest absolute Gasteiger partial charge is 0.416 e. The van der Waals surface area contributed by atoms with Crippen LogP contribution in [-0.2, 0) is 6.18 Å². The van der Waals surface area contributed by atoms with Crippen LogP contribution in [0.1, 0.15) is 43.4 Å². The third kappa shape index (κ3) is 3.50. The van der Waals surface area contributed by atoms with Crippen molar-refractivity contribution in [3.05, 3.63) is 35.4 Å². The van der Waals surface area contributed by atoms with Gasteiger partial charge < -0.3 is 5.32 Å². The molecule has 2 rings (SSSR count). The van der Waals surface area contributed by atoms with Gasteiger partial charge in [-0.1, -0.05) is 24.6 Å². The van der Waals surface area contributed by atoms with E-state index in [9.17, 15) is 13.2 Å². The molecule has 1 aliphatic carbocycles. The number of thioether (sulfide) groups is 1. The molecule has 1 N–H and O–H groups in total. The molecular weight excluding hydrogens is 283 g/mol. The number of rotatable bonds is 4. The third-order valence-electron chi connectivity index (χ3n) is 3.95. The van der Waals surface area contributed by atoms with E-state index in [-0.39, 0.29) is 6.04 Å². The Bertz CT molecular complexity index is 447. The molecule has 0 heterocycles. The Kier molecular flexibility index (Phi) is 5.02. The molecule has 0 aliphatic heterocycles. The van der Waals surface area contributed by atoms with Crippen molar-refractivity contribution in [1.29, 1.82) is 0 Å². The van der Waals surface area contributed by atoms with E-state index in [2.05, 4.69) is 11.6 Å². The van der Waals surface area contributed by atoms with E-state index in [4.69, 9.17) is 0 Å². The first-order valence-electron chi connectivity index (χ1n) is 6.88. The normalized spacial score (nSPS) is 24.9. The van der Waals surface area contributed by atoms with Crippen LogP contribution in [0.5, 0.6) is 0 Å². The van der Waals surface area contributed by atoms with Gasteiger partial charge in [0.25, 0.3) is 0 Å². The van der Waals surface area contributed by atoms with Crippen molar-refractivity contribution in [1.82, 2.24) is 5.32 Å². The summed E-state index contributed by atoms with van der Waals surface area (Å²) in [4.78, 5) is 0. The number of hydrogen-bond acceptors (Lipinski definition) is 2. The fourth-order valence-electron chi connectivity index (χ4n) is 2.94. The van der Waals surface area contributed by atoms with Crippen LogP contribution in [0.3, 0.4) is 0 Å². The predicted octanol–water partition coefficient (Wildman–Crippen LogP) is 4.64. The number of benzene rings is 1. The minimum absolute atomic E-state index is 0.287. The molecule has 5 heteroatoms. The lowest BCUT2D eigenvalue weighted by molar-refractivity contribution is -0.138. The SMILES string of the molecule is CSC1CCCC1NC(C)c1ccccc1C(F)(F)F. The summed E-state index contributed by atoms with van der Waals surface area (Å²) in [6.45, 7) is 1.82. The molecule has 1 aromatic carbocycles. The quantitative estimate of drug-likeness (QED) is 0.869. The lowest BCUT2D eigenvalue weighted by Gasteiger charge is -2.26. The molecule has 0 amide bonds. The Morgan fingerprint density at radius 1 is 1.25 bits per heavy atom. The molecule has 0 spiro atoms. The molecule has 0 saturated heterocycles. The molecule has 1 aromatic rings. The molecule has 1 aliphatic rings. The lowest BCUT2D eigenvalue weighted by Crippen LogP contribution is -2.36. The van der Waals surface area contributed by atoms with Gasteiger partial charge in [-0.2, -0.15) is 24.9 Å². The van der Waals surface area contributed by atoms with Gasteiger partial charge in [-0.25, -0.2) is 0 Å². The standard InChI is InChI=1S/C15H20F3NS/c1-10(19-13-8-5-9-14(13)20-2)11-6-3-4-7-12(11)15(16,17)18/h3-4,6-7,10,13-14,19H,5,8-9H2,1-2H3.